The van der Waals surface area contributed by atoms with Gasteiger partial charge in [0, 0.05) is 6.07 Å². The van der Waals surface area contributed by atoms with Gasteiger partial charge in [-0.1, -0.05) is 0 Å². The summed E-state index contributed by atoms with van der Waals surface area (Å²) in [5.41, 5.74) is 0.489. The Bertz CT molecular complexity index is 323. The lowest BCUT2D eigenvalue weighted by Gasteiger charge is -2.06. The van der Waals surface area contributed by atoms with Crippen molar-refractivity contribution < 1.29 is 14.3 Å². The van der Waals surface area contributed by atoms with Crippen molar-refractivity contribution in [3.63, 3.8) is 0 Å². The summed E-state index contributed by atoms with van der Waals surface area (Å²) in [6.45, 7) is 0. The number of methoxy groups -OCH3 is 2. The zero-order chi connectivity index (χ0) is 9.84. The number of benzene rings is 1. The van der Waals surface area contributed by atoms with Gasteiger partial charge in [-0.2, -0.15) is 0 Å². The molecule has 0 saturated heterocycles. The standard InChI is InChI=1S/C9H9BrO3/c1-12-6-3-4-7(9(10)11)8(5-6)13-2/h3-5H,1-2H3. The second-order valence-corrected chi connectivity index (χ2v) is 3.06. The molecule has 3 nitrogen and oxygen atoms in total. The highest BCUT2D eigenvalue weighted by Crippen LogP contribution is 2.25. The average molecular weight is 245 g/mol. The number of rotatable bonds is 3. The Morgan fingerprint density at radius 1 is 1.31 bits per heavy atom. The molecule has 0 aliphatic carbocycles. The zero-order valence-electron chi connectivity index (χ0n) is 7.33. The smallest absolute Gasteiger partial charge is 0.231 e. The number of carbonyl (C=O) groups excluding carboxylic acids is 1. The molecule has 1 rings (SSSR count). The van der Waals surface area contributed by atoms with Gasteiger partial charge in [0.2, 0.25) is 4.69 Å². The lowest BCUT2D eigenvalue weighted by Crippen LogP contribution is -1.95. The quantitative estimate of drug-likeness (QED) is 0.766. The minimum absolute atomic E-state index is 0.202. The van der Waals surface area contributed by atoms with Gasteiger partial charge in [-0.15, -0.1) is 0 Å². The van der Waals surface area contributed by atoms with Crippen molar-refractivity contribution in [1.29, 1.82) is 0 Å². The molecule has 0 N–H and O–H groups in total. The SMILES string of the molecule is COc1ccc(C(=O)Br)c(OC)c1. The first-order chi connectivity index (χ1) is 6.19. The van der Waals surface area contributed by atoms with Crippen molar-refractivity contribution in [1.82, 2.24) is 0 Å². The molecule has 0 aliphatic heterocycles. The van der Waals surface area contributed by atoms with Crippen LogP contribution in [0.1, 0.15) is 10.4 Å². The van der Waals surface area contributed by atoms with Crippen LogP contribution in [-0.2, 0) is 0 Å². The molecule has 13 heavy (non-hydrogen) atoms. The fourth-order valence-corrected chi connectivity index (χ4v) is 1.29. The number of ether oxygens (including phenoxy) is 2. The van der Waals surface area contributed by atoms with Crippen LogP contribution in [0.25, 0.3) is 0 Å². The number of hydrogen-bond acceptors (Lipinski definition) is 3. The maximum Gasteiger partial charge on any atom is 0.231 e. The van der Waals surface area contributed by atoms with E-state index >= 15 is 0 Å². The second kappa shape index (κ2) is 4.28. The number of halogens is 1. The lowest BCUT2D eigenvalue weighted by molar-refractivity contribution is 0.109. The Kier molecular flexibility index (Phi) is 3.31. The monoisotopic (exact) mass is 244 g/mol. The lowest BCUT2D eigenvalue weighted by atomic mass is 10.2. The molecule has 0 saturated carbocycles. The van der Waals surface area contributed by atoms with Crippen molar-refractivity contribution in [3.8, 4) is 11.5 Å². The molecule has 0 unspecified atom stereocenters. The third-order valence-electron chi connectivity index (χ3n) is 1.62. The van der Waals surface area contributed by atoms with Gasteiger partial charge in [-0.05, 0) is 28.1 Å². The molecule has 4 heteroatoms. The predicted octanol–water partition coefficient (Wildman–Crippen LogP) is 2.24. The third-order valence-corrected chi connectivity index (χ3v) is 2.05. The molecule has 0 amide bonds. The van der Waals surface area contributed by atoms with E-state index in [4.69, 9.17) is 9.47 Å². The first kappa shape index (κ1) is 10.1. The summed E-state index contributed by atoms with van der Waals surface area (Å²) in [5.74, 6) is 1.16. The summed E-state index contributed by atoms with van der Waals surface area (Å²) >= 11 is 2.86. The largest absolute Gasteiger partial charge is 0.497 e. The maximum absolute atomic E-state index is 11.0. The van der Waals surface area contributed by atoms with Gasteiger partial charge in [-0.3, -0.25) is 4.79 Å². The highest BCUT2D eigenvalue weighted by molar-refractivity contribution is 9.18. The molecule has 0 aromatic heterocycles. The highest BCUT2D eigenvalue weighted by atomic mass is 79.9. The zero-order valence-corrected chi connectivity index (χ0v) is 8.92. The van der Waals surface area contributed by atoms with Crippen LogP contribution >= 0.6 is 15.9 Å². The van der Waals surface area contributed by atoms with E-state index in [1.165, 1.54) is 7.11 Å². The van der Waals surface area contributed by atoms with Crippen LogP contribution in [-0.4, -0.2) is 18.9 Å². The molecule has 70 valence electrons. The van der Waals surface area contributed by atoms with Crippen LogP contribution in [0.3, 0.4) is 0 Å². The van der Waals surface area contributed by atoms with E-state index in [1.807, 2.05) is 0 Å². The van der Waals surface area contributed by atoms with Crippen LogP contribution in [0, 0.1) is 0 Å². The van der Waals surface area contributed by atoms with E-state index in [0.29, 0.717) is 17.1 Å². The topological polar surface area (TPSA) is 35.5 Å². The van der Waals surface area contributed by atoms with Crippen molar-refractivity contribution in [2.75, 3.05) is 14.2 Å². The number of hydrogen-bond donors (Lipinski definition) is 0. The first-order valence-corrected chi connectivity index (χ1v) is 4.40. The number of carbonyl (C=O) groups is 1. The Labute approximate surface area is 84.8 Å². The highest BCUT2D eigenvalue weighted by Gasteiger charge is 2.09. The second-order valence-electron chi connectivity index (χ2n) is 2.34. The van der Waals surface area contributed by atoms with Crippen LogP contribution in [0.15, 0.2) is 18.2 Å². The van der Waals surface area contributed by atoms with Gasteiger partial charge in [0.25, 0.3) is 0 Å². The van der Waals surface area contributed by atoms with E-state index in [-0.39, 0.29) is 4.69 Å². The fraction of sp³-hybridized carbons (Fsp3) is 0.222. The van der Waals surface area contributed by atoms with Crippen molar-refractivity contribution in [3.05, 3.63) is 23.8 Å². The summed E-state index contributed by atoms with van der Waals surface area (Å²) in [6, 6.07) is 5.01. The Morgan fingerprint density at radius 3 is 2.46 bits per heavy atom. The van der Waals surface area contributed by atoms with Crippen LogP contribution in [0.2, 0.25) is 0 Å². The Balaban J connectivity index is 3.15. The van der Waals surface area contributed by atoms with Crippen LogP contribution in [0.4, 0.5) is 0 Å². The van der Waals surface area contributed by atoms with Gasteiger partial charge in [0.1, 0.15) is 11.5 Å². The Morgan fingerprint density at radius 2 is 2.00 bits per heavy atom. The first-order valence-electron chi connectivity index (χ1n) is 3.61. The molecular weight excluding hydrogens is 236 g/mol. The fourth-order valence-electron chi connectivity index (χ4n) is 0.961. The molecule has 0 fully saturated rings. The van der Waals surface area contributed by atoms with E-state index < -0.39 is 0 Å². The molecule has 0 spiro atoms. The summed E-state index contributed by atoms with van der Waals surface area (Å²) in [6.07, 6.45) is 0. The maximum atomic E-state index is 11.0. The molecule has 1 aromatic rings. The summed E-state index contributed by atoms with van der Waals surface area (Å²) in [4.78, 5) is 11.0. The van der Waals surface area contributed by atoms with Crippen molar-refractivity contribution in [2.45, 2.75) is 0 Å². The van der Waals surface area contributed by atoms with Gasteiger partial charge in [0.05, 0.1) is 19.8 Å². The molecule has 0 aliphatic rings. The molecule has 0 bridgehead atoms. The molecule has 0 radical (unpaired) electrons. The van der Waals surface area contributed by atoms with Gasteiger partial charge in [-0.25, -0.2) is 0 Å². The van der Waals surface area contributed by atoms with E-state index in [1.54, 1.807) is 25.3 Å². The summed E-state index contributed by atoms with van der Waals surface area (Å²) in [7, 11) is 3.07. The average Bonchev–Trinajstić information content (AvgIpc) is 2.16. The van der Waals surface area contributed by atoms with E-state index in [2.05, 4.69) is 15.9 Å². The van der Waals surface area contributed by atoms with Crippen LogP contribution < -0.4 is 9.47 Å². The molecule has 1 aromatic carbocycles. The summed E-state index contributed by atoms with van der Waals surface area (Å²) in [5, 5.41) is 0. The minimum Gasteiger partial charge on any atom is -0.497 e. The van der Waals surface area contributed by atoms with Crippen molar-refractivity contribution in [2.24, 2.45) is 0 Å². The van der Waals surface area contributed by atoms with Crippen molar-refractivity contribution >= 4 is 20.6 Å². The molecule has 0 heterocycles. The summed E-state index contributed by atoms with van der Waals surface area (Å²) < 4.78 is 9.80. The predicted molar refractivity (Wildman–Crippen MR) is 52.8 cm³/mol. The third kappa shape index (κ3) is 2.21. The van der Waals surface area contributed by atoms with Crippen LogP contribution in [0.5, 0.6) is 11.5 Å². The normalized spacial score (nSPS) is 9.46. The Hall–Kier alpha value is -1.03. The van der Waals surface area contributed by atoms with Gasteiger partial charge < -0.3 is 9.47 Å². The van der Waals surface area contributed by atoms with Gasteiger partial charge in [0.15, 0.2) is 0 Å². The van der Waals surface area contributed by atoms with E-state index in [9.17, 15) is 4.79 Å². The minimum atomic E-state index is -0.202. The van der Waals surface area contributed by atoms with Gasteiger partial charge >= 0.3 is 0 Å². The molecular formula is C9H9BrO3. The molecule has 0 atom stereocenters. The van der Waals surface area contributed by atoms with E-state index in [0.717, 1.165) is 0 Å².